The van der Waals surface area contributed by atoms with Crippen LogP contribution in [-0.4, -0.2) is 57.6 Å². The van der Waals surface area contributed by atoms with E-state index in [0.717, 1.165) is 36.2 Å². The van der Waals surface area contributed by atoms with Crippen molar-refractivity contribution in [2.75, 3.05) is 42.1 Å². The summed E-state index contributed by atoms with van der Waals surface area (Å²) < 4.78 is 31.6. The van der Waals surface area contributed by atoms with Crippen LogP contribution >= 0.6 is 0 Å². The van der Waals surface area contributed by atoms with Gasteiger partial charge in [-0.2, -0.15) is 0 Å². The molecule has 0 aromatic heterocycles. The second kappa shape index (κ2) is 11.2. The van der Waals surface area contributed by atoms with Gasteiger partial charge < -0.3 is 15.0 Å². The summed E-state index contributed by atoms with van der Waals surface area (Å²) in [5.74, 6) is -0.313. The van der Waals surface area contributed by atoms with Crippen LogP contribution in [0.3, 0.4) is 0 Å². The summed E-state index contributed by atoms with van der Waals surface area (Å²) in [6.07, 6.45) is 5.17. The fraction of sp³-hybridized carbons (Fsp3) is 0.417. The number of nitrogens with one attached hydrogen (secondary N) is 1. The van der Waals surface area contributed by atoms with Crippen molar-refractivity contribution in [3.8, 4) is 5.75 Å². The zero-order valence-corrected chi connectivity index (χ0v) is 19.9. The lowest BCUT2D eigenvalue weighted by molar-refractivity contribution is -0.114. The number of carbonyl (C=O) groups is 2. The molecular formula is C24H31N3O5S. The Hall–Kier alpha value is -3.07. The lowest BCUT2D eigenvalue weighted by Gasteiger charge is -2.25. The Bertz CT molecular complexity index is 1080. The number of carbonyl (C=O) groups excluding carboxylic acids is 2. The number of nitrogens with zero attached hydrogens (tertiary/aromatic N) is 2. The van der Waals surface area contributed by atoms with Gasteiger partial charge in [0.2, 0.25) is 15.9 Å². The predicted molar refractivity (Wildman–Crippen MR) is 129 cm³/mol. The first-order valence-corrected chi connectivity index (χ1v) is 13.0. The van der Waals surface area contributed by atoms with Gasteiger partial charge in [0.25, 0.3) is 5.91 Å². The van der Waals surface area contributed by atoms with Gasteiger partial charge in [0, 0.05) is 13.1 Å². The number of ether oxygens (including phenoxy) is 1. The van der Waals surface area contributed by atoms with Crippen molar-refractivity contribution < 1.29 is 22.7 Å². The lowest BCUT2D eigenvalue weighted by atomic mass is 10.1. The van der Waals surface area contributed by atoms with Crippen molar-refractivity contribution in [3.63, 3.8) is 0 Å². The second-order valence-corrected chi connectivity index (χ2v) is 9.88. The topological polar surface area (TPSA) is 96.0 Å². The Morgan fingerprint density at radius 3 is 2.30 bits per heavy atom. The van der Waals surface area contributed by atoms with E-state index in [0.29, 0.717) is 36.7 Å². The number of anilines is 2. The molecule has 2 amide bonds. The quantitative estimate of drug-likeness (QED) is 0.633. The van der Waals surface area contributed by atoms with Crippen LogP contribution in [0.15, 0.2) is 48.5 Å². The molecule has 1 heterocycles. The summed E-state index contributed by atoms with van der Waals surface area (Å²) >= 11 is 0. The number of benzene rings is 2. The largest absolute Gasteiger partial charge is 0.492 e. The van der Waals surface area contributed by atoms with E-state index >= 15 is 0 Å². The molecule has 1 N–H and O–H groups in total. The number of rotatable bonds is 8. The van der Waals surface area contributed by atoms with Crippen molar-refractivity contribution >= 4 is 33.2 Å². The summed E-state index contributed by atoms with van der Waals surface area (Å²) in [6, 6.07) is 13.5. The van der Waals surface area contributed by atoms with E-state index in [9.17, 15) is 18.0 Å². The normalized spacial score (nSPS) is 14.3. The third kappa shape index (κ3) is 6.47. The zero-order chi connectivity index (χ0) is 23.8. The first kappa shape index (κ1) is 24.6. The number of hydrogen-bond acceptors (Lipinski definition) is 5. The highest BCUT2D eigenvalue weighted by atomic mass is 32.2. The Kier molecular flexibility index (Phi) is 8.32. The number of amides is 2. The van der Waals surface area contributed by atoms with Crippen LogP contribution in [0.1, 0.15) is 43.0 Å². The molecule has 0 unspecified atom stereocenters. The maximum Gasteiger partial charge on any atom is 0.255 e. The van der Waals surface area contributed by atoms with Crippen molar-refractivity contribution in [1.82, 2.24) is 4.90 Å². The smallest absolute Gasteiger partial charge is 0.255 e. The predicted octanol–water partition coefficient (Wildman–Crippen LogP) is 3.51. The molecule has 1 aliphatic rings. The van der Waals surface area contributed by atoms with E-state index in [2.05, 4.69) is 5.32 Å². The van der Waals surface area contributed by atoms with Crippen molar-refractivity contribution in [3.05, 3.63) is 54.1 Å². The first-order chi connectivity index (χ1) is 15.8. The highest BCUT2D eigenvalue weighted by Crippen LogP contribution is 2.30. The van der Waals surface area contributed by atoms with E-state index < -0.39 is 22.5 Å². The Morgan fingerprint density at radius 1 is 1.00 bits per heavy atom. The molecule has 0 aliphatic carbocycles. The van der Waals surface area contributed by atoms with Crippen LogP contribution in [0.5, 0.6) is 5.75 Å². The molecule has 178 valence electrons. The molecule has 8 nitrogen and oxygen atoms in total. The maximum atomic E-state index is 13.1. The molecule has 33 heavy (non-hydrogen) atoms. The molecule has 0 spiro atoms. The third-order valence-corrected chi connectivity index (χ3v) is 6.57. The van der Waals surface area contributed by atoms with Crippen LogP contribution in [0, 0.1) is 0 Å². The van der Waals surface area contributed by atoms with E-state index in [-0.39, 0.29) is 11.6 Å². The van der Waals surface area contributed by atoms with Gasteiger partial charge in [0.05, 0.1) is 29.8 Å². The Balaban J connectivity index is 1.81. The fourth-order valence-electron chi connectivity index (χ4n) is 3.86. The molecule has 0 radical (unpaired) electrons. The highest BCUT2D eigenvalue weighted by molar-refractivity contribution is 7.92. The third-order valence-electron chi connectivity index (χ3n) is 5.45. The summed E-state index contributed by atoms with van der Waals surface area (Å²) in [4.78, 5) is 27.9. The van der Waals surface area contributed by atoms with E-state index in [1.54, 1.807) is 55.5 Å². The summed E-state index contributed by atoms with van der Waals surface area (Å²) in [6.45, 7) is 3.09. The van der Waals surface area contributed by atoms with Gasteiger partial charge in [-0.25, -0.2) is 8.42 Å². The van der Waals surface area contributed by atoms with E-state index in [1.165, 1.54) is 0 Å². The van der Waals surface area contributed by atoms with Gasteiger partial charge in [-0.05, 0) is 44.0 Å². The van der Waals surface area contributed by atoms with Crippen molar-refractivity contribution in [2.45, 2.75) is 32.6 Å². The summed E-state index contributed by atoms with van der Waals surface area (Å²) in [5.41, 5.74) is 1.04. The van der Waals surface area contributed by atoms with E-state index in [1.807, 2.05) is 4.90 Å². The molecule has 2 aromatic carbocycles. The maximum absolute atomic E-state index is 13.1. The molecule has 2 aromatic rings. The van der Waals surface area contributed by atoms with Crippen LogP contribution in [0.2, 0.25) is 0 Å². The molecule has 3 rings (SSSR count). The Labute approximate surface area is 195 Å². The average Bonchev–Trinajstić information content (AvgIpc) is 3.07. The molecule has 9 heteroatoms. The van der Waals surface area contributed by atoms with Crippen molar-refractivity contribution in [2.24, 2.45) is 0 Å². The molecule has 1 aliphatic heterocycles. The molecule has 1 saturated heterocycles. The van der Waals surface area contributed by atoms with Crippen LogP contribution in [-0.2, 0) is 14.8 Å². The SMILES string of the molecule is CCOc1ccccc1N(CC(=O)Nc1ccccc1C(=O)N1CCCCCC1)S(C)(=O)=O. The van der Waals surface area contributed by atoms with Crippen LogP contribution in [0.4, 0.5) is 11.4 Å². The van der Waals surface area contributed by atoms with Crippen LogP contribution < -0.4 is 14.4 Å². The Morgan fingerprint density at radius 2 is 1.64 bits per heavy atom. The standard InChI is InChI=1S/C24H31N3O5S/c1-3-32-22-15-9-8-14-21(22)27(33(2,30)31)18-23(28)25-20-13-7-6-12-19(20)24(29)26-16-10-4-5-11-17-26/h6-9,12-15H,3-5,10-11,16-18H2,1-2H3,(H,25,28). The molecule has 0 atom stereocenters. The van der Waals surface area contributed by atoms with Gasteiger partial charge in [-0.15, -0.1) is 0 Å². The fourth-order valence-corrected chi connectivity index (χ4v) is 4.72. The minimum Gasteiger partial charge on any atom is -0.492 e. The molecule has 0 bridgehead atoms. The van der Waals surface area contributed by atoms with Gasteiger partial charge in [0.15, 0.2) is 0 Å². The average molecular weight is 474 g/mol. The number of hydrogen-bond donors (Lipinski definition) is 1. The number of likely N-dealkylation sites (tertiary alicyclic amines) is 1. The van der Waals surface area contributed by atoms with Gasteiger partial charge in [0.1, 0.15) is 12.3 Å². The number of para-hydroxylation sites is 3. The minimum atomic E-state index is -3.78. The highest BCUT2D eigenvalue weighted by Gasteiger charge is 2.25. The van der Waals surface area contributed by atoms with Gasteiger partial charge in [-0.3, -0.25) is 13.9 Å². The first-order valence-electron chi connectivity index (χ1n) is 11.2. The summed E-state index contributed by atoms with van der Waals surface area (Å²) in [5, 5.41) is 2.74. The zero-order valence-electron chi connectivity index (χ0n) is 19.1. The van der Waals surface area contributed by atoms with Gasteiger partial charge >= 0.3 is 0 Å². The minimum absolute atomic E-state index is 0.130. The molecule has 0 saturated carbocycles. The number of sulfonamides is 1. The molecule has 1 fully saturated rings. The lowest BCUT2D eigenvalue weighted by Crippen LogP contribution is -2.38. The second-order valence-electron chi connectivity index (χ2n) is 7.97. The molecular weight excluding hydrogens is 442 g/mol. The summed E-state index contributed by atoms with van der Waals surface area (Å²) in [7, 11) is -3.78. The van der Waals surface area contributed by atoms with Gasteiger partial charge in [-0.1, -0.05) is 37.1 Å². The van der Waals surface area contributed by atoms with E-state index in [4.69, 9.17) is 4.74 Å². The monoisotopic (exact) mass is 473 g/mol. The van der Waals surface area contributed by atoms with Crippen LogP contribution in [0.25, 0.3) is 0 Å². The van der Waals surface area contributed by atoms with Crippen molar-refractivity contribution in [1.29, 1.82) is 0 Å².